The van der Waals surface area contributed by atoms with E-state index in [1.807, 2.05) is 11.8 Å². The van der Waals surface area contributed by atoms with Crippen LogP contribution in [-0.4, -0.2) is 11.5 Å². The Morgan fingerprint density at radius 3 is 2.20 bits per heavy atom. The van der Waals surface area contributed by atoms with Gasteiger partial charge in [0, 0.05) is 17.2 Å². The van der Waals surface area contributed by atoms with Crippen LogP contribution in [0.4, 0.5) is 0 Å². The SMILES string of the molecule is CSC(C)C(C)(C)c1ccc(CN)cc1. The number of nitrogens with two attached hydrogens (primary N) is 1. The Morgan fingerprint density at radius 2 is 1.80 bits per heavy atom. The Bertz CT molecular complexity index is 303. The van der Waals surface area contributed by atoms with Crippen molar-refractivity contribution in [2.75, 3.05) is 6.26 Å². The fraction of sp³-hybridized carbons (Fsp3) is 0.538. The maximum atomic E-state index is 5.59. The van der Waals surface area contributed by atoms with E-state index in [9.17, 15) is 0 Å². The van der Waals surface area contributed by atoms with Crippen LogP contribution in [0, 0.1) is 0 Å². The van der Waals surface area contributed by atoms with Crippen molar-refractivity contribution < 1.29 is 0 Å². The van der Waals surface area contributed by atoms with Crippen LogP contribution in [0.5, 0.6) is 0 Å². The summed E-state index contributed by atoms with van der Waals surface area (Å²) in [6.45, 7) is 7.50. The van der Waals surface area contributed by atoms with Gasteiger partial charge in [0.15, 0.2) is 0 Å². The minimum absolute atomic E-state index is 0.215. The maximum Gasteiger partial charge on any atom is 0.0178 e. The molecule has 1 atom stereocenters. The quantitative estimate of drug-likeness (QED) is 0.848. The summed E-state index contributed by atoms with van der Waals surface area (Å²) in [6.07, 6.45) is 2.17. The Kier molecular flexibility index (Phi) is 4.23. The molecule has 2 N–H and O–H groups in total. The molecule has 0 spiro atoms. The van der Waals surface area contributed by atoms with Gasteiger partial charge < -0.3 is 5.73 Å². The van der Waals surface area contributed by atoms with Crippen LogP contribution in [0.15, 0.2) is 24.3 Å². The predicted molar refractivity (Wildman–Crippen MR) is 70.3 cm³/mol. The minimum atomic E-state index is 0.215. The molecule has 1 nitrogen and oxygen atoms in total. The van der Waals surface area contributed by atoms with Crippen LogP contribution in [0.1, 0.15) is 31.9 Å². The molecule has 2 heteroatoms. The molecular formula is C13H21NS. The first-order chi connectivity index (χ1) is 7.02. The van der Waals surface area contributed by atoms with Gasteiger partial charge >= 0.3 is 0 Å². The highest BCUT2D eigenvalue weighted by molar-refractivity contribution is 7.99. The zero-order valence-corrected chi connectivity index (χ0v) is 10.9. The zero-order valence-electron chi connectivity index (χ0n) is 10.1. The Balaban J connectivity index is 2.94. The highest BCUT2D eigenvalue weighted by Gasteiger charge is 2.26. The van der Waals surface area contributed by atoms with E-state index < -0.39 is 0 Å². The summed E-state index contributed by atoms with van der Waals surface area (Å²) in [6, 6.07) is 8.66. The lowest BCUT2D eigenvalue weighted by atomic mass is 9.81. The molecule has 1 rings (SSSR count). The molecule has 0 saturated carbocycles. The van der Waals surface area contributed by atoms with Crippen molar-refractivity contribution in [3.63, 3.8) is 0 Å². The molecule has 0 saturated heterocycles. The van der Waals surface area contributed by atoms with E-state index in [2.05, 4.69) is 51.3 Å². The molecular weight excluding hydrogens is 202 g/mol. The van der Waals surface area contributed by atoms with Gasteiger partial charge in [-0.15, -0.1) is 0 Å². The van der Waals surface area contributed by atoms with Crippen LogP contribution in [0.2, 0.25) is 0 Å². The van der Waals surface area contributed by atoms with Crippen molar-refractivity contribution >= 4 is 11.8 Å². The van der Waals surface area contributed by atoms with Gasteiger partial charge in [-0.05, 0) is 17.4 Å². The maximum absolute atomic E-state index is 5.59. The van der Waals surface area contributed by atoms with Gasteiger partial charge in [0.2, 0.25) is 0 Å². The standard InChI is InChI=1S/C13H21NS/c1-10(15-4)13(2,3)12-7-5-11(9-14)6-8-12/h5-8,10H,9,14H2,1-4H3. The lowest BCUT2D eigenvalue weighted by Crippen LogP contribution is -2.28. The van der Waals surface area contributed by atoms with Crippen molar-refractivity contribution in [1.82, 2.24) is 0 Å². The van der Waals surface area contributed by atoms with Crippen LogP contribution in [0.25, 0.3) is 0 Å². The van der Waals surface area contributed by atoms with Crippen molar-refractivity contribution in [3.05, 3.63) is 35.4 Å². The monoisotopic (exact) mass is 223 g/mol. The molecule has 0 aliphatic heterocycles. The number of hydrogen-bond acceptors (Lipinski definition) is 2. The second kappa shape index (κ2) is 5.04. The fourth-order valence-electron chi connectivity index (χ4n) is 1.60. The molecule has 0 fully saturated rings. The summed E-state index contributed by atoms with van der Waals surface area (Å²) in [5.74, 6) is 0. The van der Waals surface area contributed by atoms with Crippen molar-refractivity contribution in [3.8, 4) is 0 Å². The van der Waals surface area contributed by atoms with Gasteiger partial charge in [-0.3, -0.25) is 0 Å². The summed E-state index contributed by atoms with van der Waals surface area (Å²) in [5.41, 5.74) is 8.40. The largest absolute Gasteiger partial charge is 0.326 e. The number of thioether (sulfide) groups is 1. The third-order valence-electron chi connectivity index (χ3n) is 3.30. The summed E-state index contributed by atoms with van der Waals surface area (Å²) >= 11 is 1.91. The molecule has 0 aliphatic carbocycles. The minimum Gasteiger partial charge on any atom is -0.326 e. The summed E-state index contributed by atoms with van der Waals surface area (Å²) in [5, 5.41) is 0.612. The van der Waals surface area contributed by atoms with Crippen LogP contribution >= 0.6 is 11.8 Å². The van der Waals surface area contributed by atoms with Gasteiger partial charge in [0.1, 0.15) is 0 Å². The second-order valence-corrected chi connectivity index (χ2v) is 5.68. The van der Waals surface area contributed by atoms with Crippen LogP contribution in [0.3, 0.4) is 0 Å². The highest BCUT2D eigenvalue weighted by Crippen LogP contribution is 2.33. The smallest absolute Gasteiger partial charge is 0.0178 e. The predicted octanol–water partition coefficient (Wildman–Crippen LogP) is 3.17. The molecule has 1 aromatic carbocycles. The van der Waals surface area contributed by atoms with Crippen molar-refractivity contribution in [2.24, 2.45) is 5.73 Å². The van der Waals surface area contributed by atoms with Crippen LogP contribution in [-0.2, 0) is 12.0 Å². The molecule has 0 heterocycles. The van der Waals surface area contributed by atoms with E-state index in [4.69, 9.17) is 5.73 Å². The molecule has 0 aliphatic rings. The molecule has 84 valence electrons. The normalized spacial score (nSPS) is 13.9. The highest BCUT2D eigenvalue weighted by atomic mass is 32.2. The van der Waals surface area contributed by atoms with Crippen molar-refractivity contribution in [1.29, 1.82) is 0 Å². The lowest BCUT2D eigenvalue weighted by molar-refractivity contribution is 0.521. The number of hydrogen-bond donors (Lipinski definition) is 1. The van der Waals surface area contributed by atoms with Gasteiger partial charge in [0.25, 0.3) is 0 Å². The summed E-state index contributed by atoms with van der Waals surface area (Å²) in [4.78, 5) is 0. The third kappa shape index (κ3) is 2.76. The average molecular weight is 223 g/mol. The molecule has 0 amide bonds. The topological polar surface area (TPSA) is 26.0 Å². The third-order valence-corrected chi connectivity index (χ3v) is 4.60. The molecule has 0 bridgehead atoms. The van der Waals surface area contributed by atoms with Gasteiger partial charge in [0.05, 0.1) is 0 Å². The Labute approximate surface area is 97.4 Å². The van der Waals surface area contributed by atoms with E-state index in [0.717, 1.165) is 0 Å². The van der Waals surface area contributed by atoms with Gasteiger partial charge in [-0.1, -0.05) is 45.0 Å². The number of benzene rings is 1. The second-order valence-electron chi connectivity index (χ2n) is 4.50. The van der Waals surface area contributed by atoms with E-state index in [0.29, 0.717) is 11.8 Å². The Hall–Kier alpha value is -0.470. The van der Waals surface area contributed by atoms with E-state index >= 15 is 0 Å². The summed E-state index contributed by atoms with van der Waals surface area (Å²) in [7, 11) is 0. The first-order valence-corrected chi connectivity index (χ1v) is 6.63. The first kappa shape index (κ1) is 12.6. The molecule has 1 aromatic rings. The molecule has 15 heavy (non-hydrogen) atoms. The molecule has 0 radical (unpaired) electrons. The van der Waals surface area contributed by atoms with E-state index in [-0.39, 0.29) is 5.41 Å². The zero-order chi connectivity index (χ0) is 11.5. The van der Waals surface area contributed by atoms with Gasteiger partial charge in [-0.25, -0.2) is 0 Å². The van der Waals surface area contributed by atoms with Crippen LogP contribution < -0.4 is 5.73 Å². The fourth-order valence-corrected chi connectivity index (χ4v) is 2.33. The van der Waals surface area contributed by atoms with Crippen molar-refractivity contribution in [2.45, 2.75) is 38.0 Å². The number of rotatable bonds is 4. The average Bonchev–Trinajstić information content (AvgIpc) is 2.28. The van der Waals surface area contributed by atoms with Gasteiger partial charge in [-0.2, -0.15) is 11.8 Å². The Morgan fingerprint density at radius 1 is 1.27 bits per heavy atom. The molecule has 0 aromatic heterocycles. The van der Waals surface area contributed by atoms with E-state index in [1.165, 1.54) is 11.1 Å². The molecule has 1 unspecified atom stereocenters. The van der Waals surface area contributed by atoms with E-state index in [1.54, 1.807) is 0 Å². The summed E-state index contributed by atoms with van der Waals surface area (Å²) < 4.78 is 0. The first-order valence-electron chi connectivity index (χ1n) is 5.34. The lowest BCUT2D eigenvalue weighted by Gasteiger charge is -2.31.